The van der Waals surface area contributed by atoms with Gasteiger partial charge in [-0.2, -0.15) is 13.2 Å². The van der Waals surface area contributed by atoms with Crippen LogP contribution in [0, 0.1) is 35.1 Å². The van der Waals surface area contributed by atoms with Crippen LogP contribution in [0.15, 0.2) is 54.6 Å². The molecule has 0 aliphatic heterocycles. The van der Waals surface area contributed by atoms with Crippen molar-refractivity contribution in [3.8, 4) is 17.6 Å². The van der Waals surface area contributed by atoms with Crippen LogP contribution >= 0.6 is 0 Å². The van der Waals surface area contributed by atoms with Crippen LogP contribution in [0.25, 0.3) is 21.5 Å². The maximum Gasteiger partial charge on any atom is 0.458 e. The summed E-state index contributed by atoms with van der Waals surface area (Å²) in [4.78, 5) is 0. The monoisotopic (exact) mass is 448 g/mol. The van der Waals surface area contributed by atoms with Crippen LogP contribution in [0.1, 0.15) is 11.1 Å². The van der Waals surface area contributed by atoms with E-state index in [-0.39, 0.29) is 22.8 Å². The molecule has 4 aromatic carbocycles. The number of rotatable bonds is 3. The second kappa shape index (κ2) is 8.08. The van der Waals surface area contributed by atoms with Gasteiger partial charge in [-0.15, -0.1) is 0 Å². The number of hydrogen-bond acceptors (Lipinski definition) is 1. The Bertz CT molecular complexity index is 1410. The molecule has 1 nitrogen and oxygen atoms in total. The lowest BCUT2D eigenvalue weighted by Crippen LogP contribution is -2.03. The fourth-order valence-electron chi connectivity index (χ4n) is 3.26. The van der Waals surface area contributed by atoms with Gasteiger partial charge in [-0.1, -0.05) is 42.3 Å². The van der Waals surface area contributed by atoms with Crippen molar-refractivity contribution < 1.29 is 35.5 Å². The van der Waals surface area contributed by atoms with Gasteiger partial charge in [-0.25, -0.2) is 17.6 Å². The zero-order valence-corrected chi connectivity index (χ0v) is 16.0. The molecule has 0 heterocycles. The largest absolute Gasteiger partial charge is 0.483 e. The molecule has 0 spiro atoms. The third-order valence-corrected chi connectivity index (χ3v) is 4.70. The van der Waals surface area contributed by atoms with Crippen molar-refractivity contribution in [1.82, 2.24) is 0 Å². The van der Waals surface area contributed by atoms with E-state index < -0.39 is 40.8 Å². The van der Waals surface area contributed by atoms with E-state index >= 15 is 0 Å². The summed E-state index contributed by atoms with van der Waals surface area (Å²) in [6.07, 6.45) is -4.90. The standard InChI is InChI=1S/C24H11F7O/c25-19-11-15-9-13(5-6-17(15)21(27)18(19)7-8-24(29,30)31)12-32-23-20(26)10-14-3-1-2-4-16(14)22(23)28/h1-6,9-11H,12H2. The molecule has 0 atom stereocenters. The van der Waals surface area contributed by atoms with E-state index in [0.717, 1.165) is 18.1 Å². The maximum atomic E-state index is 14.6. The van der Waals surface area contributed by atoms with Crippen molar-refractivity contribution in [3.05, 3.63) is 89.0 Å². The Morgan fingerprint density at radius 1 is 0.750 bits per heavy atom. The summed E-state index contributed by atoms with van der Waals surface area (Å²) in [6, 6.07) is 12.1. The predicted molar refractivity (Wildman–Crippen MR) is 105 cm³/mol. The van der Waals surface area contributed by atoms with Gasteiger partial charge in [-0.05, 0) is 34.5 Å². The maximum absolute atomic E-state index is 14.6. The first-order valence-corrected chi connectivity index (χ1v) is 9.14. The summed E-state index contributed by atoms with van der Waals surface area (Å²) in [5, 5.41) is 0.387. The first-order valence-electron chi connectivity index (χ1n) is 9.14. The van der Waals surface area contributed by atoms with Crippen molar-refractivity contribution >= 4 is 21.5 Å². The number of fused-ring (bicyclic) bond motifs is 2. The molecule has 0 N–H and O–H groups in total. The van der Waals surface area contributed by atoms with E-state index in [1.165, 1.54) is 30.2 Å². The molecule has 0 aliphatic carbocycles. The first-order chi connectivity index (χ1) is 15.1. The van der Waals surface area contributed by atoms with Gasteiger partial charge in [0.2, 0.25) is 0 Å². The summed E-state index contributed by atoms with van der Waals surface area (Å²) in [6.45, 7) is -0.318. The second-order valence-corrected chi connectivity index (χ2v) is 6.86. The summed E-state index contributed by atoms with van der Waals surface area (Å²) in [7, 11) is 0. The Kier molecular flexibility index (Phi) is 5.43. The third kappa shape index (κ3) is 4.19. The smallest absolute Gasteiger partial charge is 0.458 e. The van der Waals surface area contributed by atoms with Crippen LogP contribution in [0.2, 0.25) is 0 Å². The highest BCUT2D eigenvalue weighted by Gasteiger charge is 2.24. The second-order valence-electron chi connectivity index (χ2n) is 6.86. The van der Waals surface area contributed by atoms with Crippen LogP contribution in [-0.4, -0.2) is 6.18 Å². The van der Waals surface area contributed by atoms with Gasteiger partial charge in [0.15, 0.2) is 17.4 Å². The molecule has 0 aromatic heterocycles. The highest BCUT2D eigenvalue weighted by atomic mass is 19.4. The molecule has 4 aromatic rings. The zero-order valence-electron chi connectivity index (χ0n) is 16.0. The quantitative estimate of drug-likeness (QED) is 0.241. The molecular formula is C24H11F7O. The molecule has 162 valence electrons. The fraction of sp³-hybridized carbons (Fsp3) is 0.0833. The number of halogens is 7. The molecule has 0 saturated heterocycles. The topological polar surface area (TPSA) is 9.23 Å². The third-order valence-electron chi connectivity index (χ3n) is 4.70. The lowest BCUT2D eigenvalue weighted by molar-refractivity contribution is -0.0696. The SMILES string of the molecule is Fc1cc2cc(COc3c(F)cc4ccccc4c3F)ccc2c(F)c1C#CC(F)(F)F. The minimum atomic E-state index is -4.90. The van der Waals surface area contributed by atoms with Crippen LogP contribution in [0.5, 0.6) is 5.75 Å². The van der Waals surface area contributed by atoms with Crippen LogP contribution < -0.4 is 4.74 Å². The molecule has 0 radical (unpaired) electrons. The molecule has 0 saturated carbocycles. The number of hydrogen-bond donors (Lipinski definition) is 0. The average molecular weight is 448 g/mol. The molecule has 0 amide bonds. The first kappa shape index (κ1) is 21.5. The van der Waals surface area contributed by atoms with Gasteiger partial charge in [0.05, 0.1) is 5.56 Å². The average Bonchev–Trinajstić information content (AvgIpc) is 2.72. The normalized spacial score (nSPS) is 11.5. The molecule has 0 unspecified atom stereocenters. The molecule has 0 bridgehead atoms. The highest BCUT2D eigenvalue weighted by Crippen LogP contribution is 2.31. The minimum absolute atomic E-state index is 0.0260. The van der Waals surface area contributed by atoms with E-state index in [4.69, 9.17) is 4.74 Å². The predicted octanol–water partition coefficient (Wildman–Crippen LogP) is 7.04. The fourth-order valence-corrected chi connectivity index (χ4v) is 3.26. The summed E-state index contributed by atoms with van der Waals surface area (Å²) in [5.41, 5.74) is -0.670. The van der Waals surface area contributed by atoms with E-state index in [1.807, 2.05) is 0 Å². The Morgan fingerprint density at radius 2 is 1.44 bits per heavy atom. The van der Waals surface area contributed by atoms with Crippen molar-refractivity contribution in [2.75, 3.05) is 0 Å². The van der Waals surface area contributed by atoms with Crippen molar-refractivity contribution in [2.45, 2.75) is 12.8 Å². The molecule has 0 fully saturated rings. The summed E-state index contributed by atoms with van der Waals surface area (Å²) >= 11 is 0. The van der Waals surface area contributed by atoms with Crippen LogP contribution in [-0.2, 0) is 6.61 Å². The summed E-state index contributed by atoms with van der Waals surface area (Å²) in [5.74, 6) is -2.59. The van der Waals surface area contributed by atoms with Crippen LogP contribution in [0.3, 0.4) is 0 Å². The van der Waals surface area contributed by atoms with Gasteiger partial charge in [-0.3, -0.25) is 0 Å². The summed E-state index contributed by atoms with van der Waals surface area (Å²) < 4.78 is 99.6. The van der Waals surface area contributed by atoms with E-state index in [9.17, 15) is 30.7 Å². The van der Waals surface area contributed by atoms with Gasteiger partial charge in [0.1, 0.15) is 18.2 Å². The van der Waals surface area contributed by atoms with E-state index in [2.05, 4.69) is 0 Å². The van der Waals surface area contributed by atoms with Gasteiger partial charge in [0.25, 0.3) is 0 Å². The Hall–Kier alpha value is -3.73. The number of alkyl halides is 3. The minimum Gasteiger partial charge on any atom is -0.483 e. The molecule has 32 heavy (non-hydrogen) atoms. The van der Waals surface area contributed by atoms with Gasteiger partial charge < -0.3 is 4.74 Å². The van der Waals surface area contributed by atoms with E-state index in [1.54, 1.807) is 18.2 Å². The highest BCUT2D eigenvalue weighted by molar-refractivity contribution is 5.86. The Morgan fingerprint density at radius 3 is 2.19 bits per heavy atom. The molecule has 0 aliphatic rings. The lowest BCUT2D eigenvalue weighted by Gasteiger charge is -2.12. The van der Waals surface area contributed by atoms with E-state index in [0.29, 0.717) is 10.9 Å². The van der Waals surface area contributed by atoms with Crippen molar-refractivity contribution in [2.24, 2.45) is 0 Å². The lowest BCUT2D eigenvalue weighted by atomic mass is 10.0. The Labute approximate surface area is 177 Å². The zero-order chi connectivity index (χ0) is 23.0. The Balaban J connectivity index is 1.65. The van der Waals surface area contributed by atoms with Crippen molar-refractivity contribution in [1.29, 1.82) is 0 Å². The number of benzene rings is 4. The molecular weight excluding hydrogens is 437 g/mol. The molecule has 8 heteroatoms. The van der Waals surface area contributed by atoms with Gasteiger partial charge in [0, 0.05) is 16.7 Å². The van der Waals surface area contributed by atoms with Crippen LogP contribution in [0.4, 0.5) is 30.7 Å². The molecule has 4 rings (SSSR count). The number of ether oxygens (including phenoxy) is 1. The van der Waals surface area contributed by atoms with Crippen molar-refractivity contribution in [3.63, 3.8) is 0 Å². The van der Waals surface area contributed by atoms with Gasteiger partial charge >= 0.3 is 6.18 Å².